The first-order valence-corrected chi connectivity index (χ1v) is 6.59. The second-order valence-electron chi connectivity index (χ2n) is 4.83. The molecule has 2 aromatic heterocycles. The van der Waals surface area contributed by atoms with Gasteiger partial charge in [0.1, 0.15) is 12.3 Å². The highest BCUT2D eigenvalue weighted by Crippen LogP contribution is 2.37. The molecular weight excluding hydrogens is 298 g/mol. The molecule has 7 nitrogen and oxygen atoms in total. The van der Waals surface area contributed by atoms with Crippen LogP contribution in [0.4, 0.5) is 0 Å². The van der Waals surface area contributed by atoms with Gasteiger partial charge in [0.2, 0.25) is 5.28 Å². The number of aromatic amines is 1. The summed E-state index contributed by atoms with van der Waals surface area (Å²) >= 11 is 5.76. The van der Waals surface area contributed by atoms with E-state index in [1.54, 1.807) is 16.8 Å². The molecule has 21 heavy (non-hydrogen) atoms. The molecule has 0 amide bonds. The van der Waals surface area contributed by atoms with Gasteiger partial charge in [0, 0.05) is 12.6 Å². The Kier molecular flexibility index (Phi) is 3.26. The number of fused-ring (bicyclic) bond motifs is 1. The lowest BCUT2D eigenvalue weighted by Gasteiger charge is -2.23. The van der Waals surface area contributed by atoms with Crippen molar-refractivity contribution in [3.05, 3.63) is 27.9 Å². The zero-order valence-electron chi connectivity index (χ0n) is 10.8. The van der Waals surface area contributed by atoms with Crippen molar-refractivity contribution >= 4 is 22.6 Å². The summed E-state index contributed by atoms with van der Waals surface area (Å²) in [4.78, 5) is 18.2. The van der Waals surface area contributed by atoms with Gasteiger partial charge in [-0.3, -0.25) is 9.78 Å². The number of H-pyrrole nitrogens is 1. The van der Waals surface area contributed by atoms with E-state index in [1.165, 1.54) is 0 Å². The third-order valence-electron chi connectivity index (χ3n) is 3.65. The van der Waals surface area contributed by atoms with Crippen LogP contribution in [0.1, 0.15) is 12.6 Å². The maximum absolute atomic E-state index is 11.8. The second-order valence-corrected chi connectivity index (χ2v) is 5.19. The van der Waals surface area contributed by atoms with Gasteiger partial charge in [-0.1, -0.05) is 5.92 Å². The van der Waals surface area contributed by atoms with Gasteiger partial charge in [0.05, 0.1) is 12.0 Å². The molecule has 3 rings (SSSR count). The van der Waals surface area contributed by atoms with Crippen LogP contribution in [-0.4, -0.2) is 43.1 Å². The van der Waals surface area contributed by atoms with E-state index in [0.29, 0.717) is 11.0 Å². The minimum atomic E-state index is -1.45. The average Bonchev–Trinajstić information content (AvgIpc) is 3.00. The van der Waals surface area contributed by atoms with Crippen LogP contribution < -0.4 is 5.56 Å². The summed E-state index contributed by atoms with van der Waals surface area (Å²) < 4.78 is 7.19. The number of halogens is 1. The lowest BCUT2D eigenvalue weighted by atomic mass is 9.99. The quantitative estimate of drug-likeness (QED) is 0.536. The van der Waals surface area contributed by atoms with E-state index in [2.05, 4.69) is 15.9 Å². The minimum absolute atomic E-state index is 0.0450. The van der Waals surface area contributed by atoms with Crippen LogP contribution >= 0.6 is 11.6 Å². The monoisotopic (exact) mass is 309 g/mol. The van der Waals surface area contributed by atoms with Gasteiger partial charge in [-0.05, 0) is 17.7 Å². The summed E-state index contributed by atoms with van der Waals surface area (Å²) in [5.41, 5.74) is -1.49. The molecule has 0 aromatic carbocycles. The van der Waals surface area contributed by atoms with Crippen LogP contribution in [0.5, 0.6) is 0 Å². The first-order chi connectivity index (χ1) is 10.0. The summed E-state index contributed by atoms with van der Waals surface area (Å²) in [6.45, 7) is -0.505. The largest absolute Gasteiger partial charge is 0.392 e. The van der Waals surface area contributed by atoms with Crippen molar-refractivity contribution in [2.24, 2.45) is 0 Å². The molecule has 3 heterocycles. The first-order valence-electron chi connectivity index (χ1n) is 6.21. The van der Waals surface area contributed by atoms with Gasteiger partial charge in [-0.15, -0.1) is 6.42 Å². The standard InChI is InChI=1S/C13H12ClN3O4/c1-2-13(6-18)8(19)5-9(21-13)17-4-3-7-10(17)15-12(14)16-11(7)20/h1,3-4,8-9,18-19H,5-6H2,(H,15,16,20)/t8-,9+,13+/m0/s1. The zero-order chi connectivity index (χ0) is 15.2. The molecule has 110 valence electrons. The predicted octanol–water partition coefficient (Wildman–Crippen LogP) is 0.0221. The van der Waals surface area contributed by atoms with Crippen molar-refractivity contribution in [3.63, 3.8) is 0 Å². The highest BCUT2D eigenvalue weighted by molar-refractivity contribution is 6.28. The van der Waals surface area contributed by atoms with Crippen molar-refractivity contribution in [2.75, 3.05) is 6.61 Å². The first kappa shape index (κ1) is 14.1. The molecule has 3 atom stereocenters. The fourth-order valence-corrected chi connectivity index (χ4v) is 2.65. The molecule has 0 bridgehead atoms. The Morgan fingerprint density at radius 3 is 3.10 bits per heavy atom. The number of nitrogens with zero attached hydrogens (tertiary/aromatic N) is 2. The van der Waals surface area contributed by atoms with Crippen LogP contribution in [0.3, 0.4) is 0 Å². The summed E-state index contributed by atoms with van der Waals surface area (Å²) in [5.74, 6) is 2.29. The van der Waals surface area contributed by atoms with Crippen molar-refractivity contribution in [1.29, 1.82) is 0 Å². The molecule has 0 saturated carbocycles. The maximum atomic E-state index is 11.8. The van der Waals surface area contributed by atoms with Crippen molar-refractivity contribution in [2.45, 2.75) is 24.4 Å². The van der Waals surface area contributed by atoms with Crippen LogP contribution in [0.15, 0.2) is 17.1 Å². The highest BCUT2D eigenvalue weighted by Gasteiger charge is 2.47. The van der Waals surface area contributed by atoms with Gasteiger partial charge in [-0.25, -0.2) is 4.98 Å². The van der Waals surface area contributed by atoms with Gasteiger partial charge >= 0.3 is 0 Å². The Bertz CT molecular complexity index is 793. The Balaban J connectivity index is 2.07. The molecule has 1 aliphatic heterocycles. The van der Waals surface area contributed by atoms with E-state index in [1.807, 2.05) is 0 Å². The molecule has 0 spiro atoms. The van der Waals surface area contributed by atoms with Gasteiger partial charge < -0.3 is 19.5 Å². The normalized spacial score (nSPS) is 28.9. The summed E-state index contributed by atoms with van der Waals surface area (Å²) in [5, 5.41) is 19.7. The fraction of sp³-hybridized carbons (Fsp3) is 0.385. The summed E-state index contributed by atoms with van der Waals surface area (Å²) in [7, 11) is 0. The number of rotatable bonds is 2. The second kappa shape index (κ2) is 4.86. The molecule has 0 unspecified atom stereocenters. The molecule has 3 N–H and O–H groups in total. The van der Waals surface area contributed by atoms with Crippen molar-refractivity contribution < 1.29 is 14.9 Å². The zero-order valence-corrected chi connectivity index (χ0v) is 11.5. The van der Waals surface area contributed by atoms with Crippen LogP contribution in [0.25, 0.3) is 11.0 Å². The van der Waals surface area contributed by atoms with Crippen LogP contribution in [0.2, 0.25) is 5.28 Å². The molecule has 0 radical (unpaired) electrons. The molecule has 1 fully saturated rings. The van der Waals surface area contributed by atoms with E-state index in [-0.39, 0.29) is 17.3 Å². The number of hydrogen-bond donors (Lipinski definition) is 3. The number of aliphatic hydroxyl groups excluding tert-OH is 2. The van der Waals surface area contributed by atoms with E-state index in [9.17, 15) is 15.0 Å². The van der Waals surface area contributed by atoms with Crippen molar-refractivity contribution in [3.8, 4) is 12.3 Å². The fourth-order valence-electron chi connectivity index (χ4n) is 2.49. The van der Waals surface area contributed by atoms with E-state index < -0.39 is 24.5 Å². The highest BCUT2D eigenvalue weighted by atomic mass is 35.5. The minimum Gasteiger partial charge on any atom is -0.392 e. The molecule has 8 heteroatoms. The van der Waals surface area contributed by atoms with Crippen LogP contribution in [0, 0.1) is 12.3 Å². The van der Waals surface area contributed by atoms with Crippen LogP contribution in [-0.2, 0) is 4.74 Å². The number of hydrogen-bond acceptors (Lipinski definition) is 5. The van der Waals surface area contributed by atoms with Crippen molar-refractivity contribution in [1.82, 2.24) is 14.5 Å². The number of nitrogens with one attached hydrogen (secondary N) is 1. The lowest BCUT2D eigenvalue weighted by Crippen LogP contribution is -2.41. The SMILES string of the molecule is C#C[C@]1(CO)O[C@@H](n2ccc3c(=O)[nH]c(Cl)nc32)C[C@@H]1O. The Morgan fingerprint density at radius 1 is 1.71 bits per heavy atom. The third-order valence-corrected chi connectivity index (χ3v) is 3.83. The van der Waals surface area contributed by atoms with Gasteiger partial charge in [0.15, 0.2) is 11.2 Å². The van der Waals surface area contributed by atoms with E-state index >= 15 is 0 Å². The van der Waals surface area contributed by atoms with E-state index in [0.717, 1.165) is 0 Å². The number of ether oxygens (including phenoxy) is 1. The topological polar surface area (TPSA) is 100 Å². The Labute approximate surface area is 124 Å². The van der Waals surface area contributed by atoms with Gasteiger partial charge in [0.25, 0.3) is 5.56 Å². The lowest BCUT2D eigenvalue weighted by molar-refractivity contribution is -0.0890. The van der Waals surface area contributed by atoms with Gasteiger partial charge in [-0.2, -0.15) is 0 Å². The number of aliphatic hydroxyl groups is 2. The van der Waals surface area contributed by atoms with E-state index in [4.69, 9.17) is 22.8 Å². The molecule has 2 aromatic rings. The summed E-state index contributed by atoms with van der Waals surface area (Å²) in [6.07, 6.45) is 5.45. The maximum Gasteiger partial charge on any atom is 0.261 e. The number of aromatic nitrogens is 3. The molecule has 1 aliphatic rings. The molecular formula is C13H12ClN3O4. The summed E-state index contributed by atoms with van der Waals surface area (Å²) in [6, 6.07) is 1.57. The average molecular weight is 310 g/mol. The third kappa shape index (κ3) is 2.04. The smallest absolute Gasteiger partial charge is 0.261 e. The Hall–Kier alpha value is -1.85. The molecule has 0 aliphatic carbocycles. The Morgan fingerprint density at radius 2 is 2.48 bits per heavy atom. The number of terminal acetylenes is 1. The predicted molar refractivity (Wildman–Crippen MR) is 74.8 cm³/mol. The molecule has 1 saturated heterocycles.